The Hall–Kier alpha value is -2.39. The Bertz CT molecular complexity index is 986. The lowest BCUT2D eigenvalue weighted by Gasteiger charge is -2.32. The summed E-state index contributed by atoms with van der Waals surface area (Å²) in [4.78, 5) is 14.0. The zero-order valence-corrected chi connectivity index (χ0v) is 17.3. The summed E-state index contributed by atoms with van der Waals surface area (Å²) < 4.78 is 65.5. The van der Waals surface area contributed by atoms with Gasteiger partial charge in [0.1, 0.15) is 0 Å². The fourth-order valence-electron chi connectivity index (χ4n) is 3.57. The third kappa shape index (κ3) is 5.02. The molecular weight excluding hydrogens is 417 g/mol. The van der Waals surface area contributed by atoms with Crippen LogP contribution in [0.25, 0.3) is 0 Å². The molecule has 9 heteroatoms. The molecule has 30 heavy (non-hydrogen) atoms. The first-order valence-electron chi connectivity index (χ1n) is 9.55. The van der Waals surface area contributed by atoms with Crippen LogP contribution in [-0.2, 0) is 27.5 Å². The van der Waals surface area contributed by atoms with Gasteiger partial charge in [-0.3, -0.25) is 4.79 Å². The number of halogens is 3. The number of carbonyl (C=O) groups excluding carboxylic acids is 1. The first-order valence-corrected chi connectivity index (χ1v) is 11.0. The fraction of sp³-hybridized carbons (Fsp3) is 0.381. The number of amides is 1. The summed E-state index contributed by atoms with van der Waals surface area (Å²) >= 11 is 0. The molecule has 0 spiro atoms. The van der Waals surface area contributed by atoms with Crippen LogP contribution in [0.15, 0.2) is 59.5 Å². The molecule has 0 N–H and O–H groups in total. The van der Waals surface area contributed by atoms with Crippen LogP contribution in [-0.4, -0.2) is 43.7 Å². The monoisotopic (exact) mass is 440 g/mol. The van der Waals surface area contributed by atoms with Crippen molar-refractivity contribution in [2.75, 3.05) is 20.1 Å². The lowest BCUT2D eigenvalue weighted by molar-refractivity contribution is -0.138. The minimum atomic E-state index is -4.62. The van der Waals surface area contributed by atoms with Gasteiger partial charge in [0.15, 0.2) is 0 Å². The normalized spacial score (nSPS) is 16.4. The minimum Gasteiger partial charge on any atom is -0.341 e. The second kappa shape index (κ2) is 8.77. The van der Waals surface area contributed by atoms with Gasteiger partial charge in [-0.15, -0.1) is 0 Å². The van der Waals surface area contributed by atoms with Gasteiger partial charge in [-0.25, -0.2) is 8.42 Å². The van der Waals surface area contributed by atoms with Gasteiger partial charge in [-0.1, -0.05) is 36.4 Å². The number of piperidine rings is 1. The van der Waals surface area contributed by atoms with Crippen molar-refractivity contribution in [3.05, 3.63) is 65.7 Å². The summed E-state index contributed by atoms with van der Waals surface area (Å²) in [5, 5.41) is 0. The number of alkyl halides is 3. The molecule has 0 saturated carbocycles. The Kier molecular flexibility index (Phi) is 6.52. The van der Waals surface area contributed by atoms with E-state index in [-0.39, 0.29) is 29.8 Å². The first-order chi connectivity index (χ1) is 14.1. The average Bonchev–Trinajstić information content (AvgIpc) is 2.73. The number of rotatable bonds is 5. The Morgan fingerprint density at radius 1 is 1.07 bits per heavy atom. The molecule has 1 saturated heterocycles. The van der Waals surface area contributed by atoms with Gasteiger partial charge in [-0.05, 0) is 36.6 Å². The molecule has 1 heterocycles. The van der Waals surface area contributed by atoms with E-state index in [1.165, 1.54) is 0 Å². The molecule has 0 aromatic heterocycles. The predicted octanol–water partition coefficient (Wildman–Crippen LogP) is 3.76. The summed E-state index contributed by atoms with van der Waals surface area (Å²) in [7, 11) is -2.34. The second-order valence-electron chi connectivity index (χ2n) is 7.38. The van der Waals surface area contributed by atoms with Crippen molar-refractivity contribution in [3.63, 3.8) is 0 Å². The highest BCUT2D eigenvalue weighted by molar-refractivity contribution is 7.89. The van der Waals surface area contributed by atoms with E-state index in [0.717, 1.165) is 28.1 Å². The molecule has 3 rings (SSSR count). The SMILES string of the molecule is CN(Cc1ccccc1)C(=O)C1CCN(S(=O)(=O)c2cccc(C(F)(F)F)c2)CC1. The number of nitrogens with zero attached hydrogens (tertiary/aromatic N) is 2. The van der Waals surface area contributed by atoms with Crippen LogP contribution in [0.4, 0.5) is 13.2 Å². The number of hydrogen-bond acceptors (Lipinski definition) is 3. The molecule has 1 aliphatic heterocycles. The third-order valence-electron chi connectivity index (χ3n) is 5.24. The summed E-state index contributed by atoms with van der Waals surface area (Å²) in [5.41, 5.74) is -0.00548. The van der Waals surface area contributed by atoms with Gasteiger partial charge in [0.25, 0.3) is 0 Å². The van der Waals surface area contributed by atoms with Crippen molar-refractivity contribution in [2.24, 2.45) is 5.92 Å². The highest BCUT2D eigenvalue weighted by atomic mass is 32.2. The summed E-state index contributed by atoms with van der Waals surface area (Å²) in [6, 6.07) is 13.3. The lowest BCUT2D eigenvalue weighted by atomic mass is 9.96. The molecule has 0 atom stereocenters. The first kappa shape index (κ1) is 22.3. The highest BCUT2D eigenvalue weighted by Gasteiger charge is 2.35. The van der Waals surface area contributed by atoms with Crippen LogP contribution in [0.2, 0.25) is 0 Å². The summed E-state index contributed by atoms with van der Waals surface area (Å²) in [6.45, 7) is 0.644. The maximum absolute atomic E-state index is 12.9. The molecule has 0 aliphatic carbocycles. The molecule has 0 radical (unpaired) electrons. The number of hydrogen-bond donors (Lipinski definition) is 0. The zero-order valence-electron chi connectivity index (χ0n) is 16.5. The Morgan fingerprint density at radius 3 is 2.30 bits per heavy atom. The highest BCUT2D eigenvalue weighted by Crippen LogP contribution is 2.32. The Balaban J connectivity index is 1.64. The van der Waals surface area contributed by atoms with Crippen LogP contribution in [0.3, 0.4) is 0 Å². The van der Waals surface area contributed by atoms with Gasteiger partial charge < -0.3 is 4.90 Å². The van der Waals surface area contributed by atoms with E-state index >= 15 is 0 Å². The Labute approximate surface area is 174 Å². The number of carbonyl (C=O) groups is 1. The van der Waals surface area contributed by atoms with Crippen molar-refractivity contribution >= 4 is 15.9 Å². The zero-order chi connectivity index (χ0) is 21.9. The van der Waals surface area contributed by atoms with Crippen molar-refractivity contribution in [1.29, 1.82) is 0 Å². The van der Waals surface area contributed by atoms with E-state index in [1.807, 2.05) is 30.3 Å². The molecule has 1 aliphatic rings. The standard InChI is InChI=1S/C21H23F3N2O3S/c1-25(15-16-6-3-2-4-7-16)20(27)17-10-12-26(13-11-17)30(28,29)19-9-5-8-18(14-19)21(22,23)24/h2-9,14,17H,10-13,15H2,1H3. The molecule has 162 valence electrons. The molecule has 0 bridgehead atoms. The molecule has 1 fully saturated rings. The lowest BCUT2D eigenvalue weighted by Crippen LogP contribution is -2.43. The number of benzene rings is 2. The largest absolute Gasteiger partial charge is 0.416 e. The van der Waals surface area contributed by atoms with Crippen LogP contribution in [0.1, 0.15) is 24.0 Å². The van der Waals surface area contributed by atoms with Crippen LogP contribution in [0.5, 0.6) is 0 Å². The Morgan fingerprint density at radius 2 is 1.70 bits per heavy atom. The van der Waals surface area contributed by atoms with E-state index in [4.69, 9.17) is 0 Å². The van der Waals surface area contributed by atoms with E-state index < -0.39 is 21.8 Å². The minimum absolute atomic E-state index is 0.0602. The quantitative estimate of drug-likeness (QED) is 0.711. The third-order valence-corrected chi connectivity index (χ3v) is 7.14. The fourth-order valence-corrected chi connectivity index (χ4v) is 5.09. The molecule has 0 unspecified atom stereocenters. The van der Waals surface area contributed by atoms with Gasteiger partial charge in [0.05, 0.1) is 10.5 Å². The van der Waals surface area contributed by atoms with Crippen molar-refractivity contribution in [1.82, 2.24) is 9.21 Å². The van der Waals surface area contributed by atoms with Crippen LogP contribution in [0, 0.1) is 5.92 Å². The molecular formula is C21H23F3N2O3S. The van der Waals surface area contributed by atoms with E-state index in [0.29, 0.717) is 25.5 Å². The van der Waals surface area contributed by atoms with E-state index in [2.05, 4.69) is 0 Å². The summed E-state index contributed by atoms with van der Waals surface area (Å²) in [6.07, 6.45) is -3.96. The van der Waals surface area contributed by atoms with Crippen molar-refractivity contribution in [2.45, 2.75) is 30.5 Å². The summed E-state index contributed by atoms with van der Waals surface area (Å²) in [5.74, 6) is -0.373. The molecule has 2 aromatic carbocycles. The molecule has 5 nitrogen and oxygen atoms in total. The maximum Gasteiger partial charge on any atom is 0.416 e. The van der Waals surface area contributed by atoms with Gasteiger partial charge in [-0.2, -0.15) is 17.5 Å². The van der Waals surface area contributed by atoms with Crippen molar-refractivity contribution < 1.29 is 26.4 Å². The second-order valence-corrected chi connectivity index (χ2v) is 9.32. The van der Waals surface area contributed by atoms with Gasteiger partial charge in [0.2, 0.25) is 15.9 Å². The predicted molar refractivity (Wildman–Crippen MR) is 106 cm³/mol. The van der Waals surface area contributed by atoms with Crippen molar-refractivity contribution in [3.8, 4) is 0 Å². The van der Waals surface area contributed by atoms with Gasteiger partial charge in [0, 0.05) is 32.6 Å². The molecule has 2 aromatic rings. The topological polar surface area (TPSA) is 57.7 Å². The average molecular weight is 440 g/mol. The smallest absolute Gasteiger partial charge is 0.341 e. The number of sulfonamides is 1. The maximum atomic E-state index is 12.9. The van der Waals surface area contributed by atoms with Crippen LogP contribution < -0.4 is 0 Å². The van der Waals surface area contributed by atoms with Gasteiger partial charge >= 0.3 is 6.18 Å². The molecule has 1 amide bonds. The van der Waals surface area contributed by atoms with E-state index in [9.17, 15) is 26.4 Å². The van der Waals surface area contributed by atoms with E-state index in [1.54, 1.807) is 11.9 Å². The van der Waals surface area contributed by atoms with Crippen LogP contribution >= 0.6 is 0 Å².